The van der Waals surface area contributed by atoms with Gasteiger partial charge in [-0.1, -0.05) is 35.9 Å². The fourth-order valence-corrected chi connectivity index (χ4v) is 3.30. The van der Waals surface area contributed by atoms with Crippen molar-refractivity contribution in [2.75, 3.05) is 13.2 Å². The summed E-state index contributed by atoms with van der Waals surface area (Å²) in [5, 5.41) is 20.5. The Kier molecular flexibility index (Phi) is 5.97. The lowest BCUT2D eigenvalue weighted by Crippen LogP contribution is -2.35. The van der Waals surface area contributed by atoms with Crippen molar-refractivity contribution in [3.8, 4) is 5.75 Å². The molecule has 0 aliphatic carbocycles. The van der Waals surface area contributed by atoms with Crippen LogP contribution in [0.3, 0.4) is 0 Å². The van der Waals surface area contributed by atoms with E-state index in [-0.39, 0.29) is 6.61 Å². The summed E-state index contributed by atoms with van der Waals surface area (Å²) >= 11 is 6.36. The number of rotatable bonds is 5. The van der Waals surface area contributed by atoms with Crippen molar-refractivity contribution < 1.29 is 19.7 Å². The Bertz CT molecular complexity index is 701. The van der Waals surface area contributed by atoms with Crippen LogP contribution in [0.1, 0.15) is 36.1 Å². The second-order valence-corrected chi connectivity index (χ2v) is 6.72. The molecule has 1 heterocycles. The van der Waals surface area contributed by atoms with Crippen LogP contribution in [0.2, 0.25) is 5.02 Å². The molecule has 3 atom stereocenters. The average Bonchev–Trinajstić information content (AvgIpc) is 2.59. The van der Waals surface area contributed by atoms with Crippen molar-refractivity contribution in [3.05, 3.63) is 64.2 Å². The summed E-state index contributed by atoms with van der Waals surface area (Å²) in [5.41, 5.74) is 2.98. The van der Waals surface area contributed by atoms with Gasteiger partial charge in [-0.15, -0.1) is 0 Å². The molecule has 1 aliphatic heterocycles. The summed E-state index contributed by atoms with van der Waals surface area (Å²) in [6.07, 6.45) is -0.753. The summed E-state index contributed by atoms with van der Waals surface area (Å²) in [7, 11) is 0. The highest BCUT2D eigenvalue weighted by atomic mass is 35.5. The van der Waals surface area contributed by atoms with Gasteiger partial charge in [0.2, 0.25) is 0 Å². The van der Waals surface area contributed by atoms with E-state index >= 15 is 0 Å². The third kappa shape index (κ3) is 4.53. The predicted molar refractivity (Wildman–Crippen MR) is 97.2 cm³/mol. The van der Waals surface area contributed by atoms with Crippen LogP contribution in [0.4, 0.5) is 0 Å². The van der Waals surface area contributed by atoms with Crippen molar-refractivity contribution in [1.82, 2.24) is 0 Å². The maximum atomic E-state index is 10.2. The molecule has 25 heavy (non-hydrogen) atoms. The number of hydrogen-bond donors (Lipinski definition) is 2. The van der Waals surface area contributed by atoms with Gasteiger partial charge in [0.15, 0.2) is 0 Å². The first-order chi connectivity index (χ1) is 12.1. The standard InChI is InChI=1S/C20H23ClO4/c1-2-24-17-6-3-13(4-7-17)9-15-10-14(5-8-18(15)21)20-19(23)11-16(22)12-25-20/h3-8,10,16,19-20,22-23H,2,9,11-12H2,1H3/t16?,19?,20-/m0/s1. The van der Waals surface area contributed by atoms with Gasteiger partial charge < -0.3 is 19.7 Å². The first-order valence-electron chi connectivity index (χ1n) is 8.54. The highest BCUT2D eigenvalue weighted by Gasteiger charge is 2.30. The number of ether oxygens (including phenoxy) is 2. The number of halogens is 1. The van der Waals surface area contributed by atoms with Gasteiger partial charge in [0, 0.05) is 11.4 Å². The van der Waals surface area contributed by atoms with Crippen molar-refractivity contribution in [2.45, 2.75) is 38.1 Å². The van der Waals surface area contributed by atoms with Crippen LogP contribution in [0.25, 0.3) is 0 Å². The maximum Gasteiger partial charge on any atom is 0.119 e. The molecule has 1 fully saturated rings. The van der Waals surface area contributed by atoms with E-state index in [0.29, 0.717) is 24.5 Å². The Hall–Kier alpha value is -1.59. The molecule has 2 unspecified atom stereocenters. The molecule has 3 rings (SSSR count). The quantitative estimate of drug-likeness (QED) is 0.854. The molecule has 0 aromatic heterocycles. The molecule has 0 saturated carbocycles. The Balaban J connectivity index is 1.77. The predicted octanol–water partition coefficient (Wildman–Crippen LogP) is 3.51. The Labute approximate surface area is 153 Å². The van der Waals surface area contributed by atoms with Crippen LogP contribution in [0.5, 0.6) is 5.75 Å². The molecular formula is C20H23ClO4. The SMILES string of the molecule is CCOc1ccc(Cc2cc([C@@H]3OCC(O)CC3O)ccc2Cl)cc1. The molecule has 2 N–H and O–H groups in total. The summed E-state index contributed by atoms with van der Waals surface area (Å²) < 4.78 is 11.1. The molecule has 0 radical (unpaired) electrons. The molecule has 0 bridgehead atoms. The van der Waals surface area contributed by atoms with Gasteiger partial charge in [-0.3, -0.25) is 0 Å². The monoisotopic (exact) mass is 362 g/mol. The van der Waals surface area contributed by atoms with E-state index in [4.69, 9.17) is 21.1 Å². The van der Waals surface area contributed by atoms with Gasteiger partial charge in [0.05, 0.1) is 25.4 Å². The van der Waals surface area contributed by atoms with Crippen molar-refractivity contribution in [2.24, 2.45) is 0 Å². The smallest absolute Gasteiger partial charge is 0.119 e. The van der Waals surface area contributed by atoms with Crippen molar-refractivity contribution in [3.63, 3.8) is 0 Å². The Morgan fingerprint density at radius 1 is 1.16 bits per heavy atom. The van der Waals surface area contributed by atoms with Crippen LogP contribution in [-0.2, 0) is 11.2 Å². The lowest BCUT2D eigenvalue weighted by Gasteiger charge is -2.31. The molecule has 1 aliphatic rings. The topological polar surface area (TPSA) is 58.9 Å². The first-order valence-corrected chi connectivity index (χ1v) is 8.92. The highest BCUT2D eigenvalue weighted by molar-refractivity contribution is 6.31. The molecule has 4 nitrogen and oxygen atoms in total. The van der Waals surface area contributed by atoms with Gasteiger partial charge in [-0.2, -0.15) is 0 Å². The van der Waals surface area contributed by atoms with Gasteiger partial charge in [-0.05, 0) is 48.2 Å². The van der Waals surface area contributed by atoms with Crippen LogP contribution in [-0.4, -0.2) is 35.6 Å². The lowest BCUT2D eigenvalue weighted by molar-refractivity contribution is -0.125. The van der Waals surface area contributed by atoms with Crippen LogP contribution in [0, 0.1) is 0 Å². The third-order valence-electron chi connectivity index (χ3n) is 4.36. The maximum absolute atomic E-state index is 10.2. The molecule has 134 valence electrons. The van der Waals surface area contributed by atoms with Crippen LogP contribution in [0.15, 0.2) is 42.5 Å². The van der Waals surface area contributed by atoms with Gasteiger partial charge in [0.1, 0.15) is 11.9 Å². The lowest BCUT2D eigenvalue weighted by atomic mass is 9.94. The number of aliphatic hydroxyl groups excluding tert-OH is 2. The fraction of sp³-hybridized carbons (Fsp3) is 0.400. The highest BCUT2D eigenvalue weighted by Crippen LogP contribution is 2.31. The van der Waals surface area contributed by atoms with Gasteiger partial charge >= 0.3 is 0 Å². The van der Waals surface area contributed by atoms with Gasteiger partial charge in [0.25, 0.3) is 0 Å². The summed E-state index contributed by atoms with van der Waals surface area (Å²) in [6, 6.07) is 13.6. The third-order valence-corrected chi connectivity index (χ3v) is 4.73. The minimum Gasteiger partial charge on any atom is -0.494 e. The van der Waals surface area contributed by atoms with Crippen LogP contribution < -0.4 is 4.74 Å². The fourth-order valence-electron chi connectivity index (χ4n) is 3.11. The zero-order valence-electron chi connectivity index (χ0n) is 14.2. The van der Waals surface area contributed by atoms with E-state index < -0.39 is 18.3 Å². The number of aliphatic hydroxyl groups is 2. The van der Waals surface area contributed by atoms with Crippen molar-refractivity contribution >= 4 is 11.6 Å². The first kappa shape index (κ1) is 18.2. The van der Waals surface area contributed by atoms with E-state index in [1.165, 1.54) is 0 Å². The summed E-state index contributed by atoms with van der Waals surface area (Å²) in [4.78, 5) is 0. The number of benzene rings is 2. The Morgan fingerprint density at radius 3 is 2.60 bits per heavy atom. The largest absolute Gasteiger partial charge is 0.494 e. The molecular weight excluding hydrogens is 340 g/mol. The molecule has 0 spiro atoms. The van der Waals surface area contributed by atoms with Crippen molar-refractivity contribution in [1.29, 1.82) is 0 Å². The zero-order chi connectivity index (χ0) is 17.8. The van der Waals surface area contributed by atoms with E-state index in [2.05, 4.69) is 0 Å². The minimum absolute atomic E-state index is 0.235. The average molecular weight is 363 g/mol. The van der Waals surface area contributed by atoms with Gasteiger partial charge in [-0.25, -0.2) is 0 Å². The van der Waals surface area contributed by atoms with E-state index in [1.807, 2.05) is 49.4 Å². The number of hydrogen-bond acceptors (Lipinski definition) is 4. The van der Waals surface area contributed by atoms with E-state index in [9.17, 15) is 10.2 Å². The Morgan fingerprint density at radius 2 is 1.92 bits per heavy atom. The van der Waals surface area contributed by atoms with E-state index in [1.54, 1.807) is 0 Å². The van der Waals surface area contributed by atoms with E-state index in [0.717, 1.165) is 22.4 Å². The summed E-state index contributed by atoms with van der Waals surface area (Å²) in [6.45, 7) is 2.84. The molecule has 0 amide bonds. The zero-order valence-corrected chi connectivity index (χ0v) is 14.9. The minimum atomic E-state index is -0.719. The molecule has 1 saturated heterocycles. The summed E-state index contributed by atoms with van der Waals surface area (Å²) in [5.74, 6) is 0.850. The second kappa shape index (κ2) is 8.19. The molecule has 2 aromatic carbocycles. The molecule has 2 aromatic rings. The second-order valence-electron chi connectivity index (χ2n) is 6.32. The molecule has 5 heteroatoms. The normalized spacial score (nSPS) is 23.4. The van der Waals surface area contributed by atoms with Crippen LogP contribution >= 0.6 is 11.6 Å².